The molecule has 2 fully saturated rings. The van der Waals surface area contributed by atoms with Gasteiger partial charge in [0, 0.05) is 0 Å². The molecule has 2 saturated heterocycles. The van der Waals surface area contributed by atoms with Crippen LogP contribution in [-0.2, 0) is 18.6 Å². The highest BCUT2D eigenvalue weighted by Gasteiger charge is 2.54. The first kappa shape index (κ1) is 24.0. The van der Waals surface area contributed by atoms with Crippen LogP contribution in [0.1, 0.15) is 55.4 Å². The summed E-state index contributed by atoms with van der Waals surface area (Å²) in [6.07, 6.45) is 0. The van der Waals surface area contributed by atoms with Gasteiger partial charge in [-0.2, -0.15) is 0 Å². The molecule has 0 aromatic heterocycles. The Balaban J connectivity index is 1.68. The molecule has 36 heavy (non-hydrogen) atoms. The van der Waals surface area contributed by atoms with Gasteiger partial charge in [0.1, 0.15) is 0 Å². The van der Waals surface area contributed by atoms with Crippen molar-refractivity contribution in [2.75, 3.05) is 0 Å². The minimum absolute atomic E-state index is 0.428. The third-order valence-corrected chi connectivity index (χ3v) is 8.93. The van der Waals surface area contributed by atoms with Crippen LogP contribution in [0.4, 0.5) is 0 Å². The van der Waals surface area contributed by atoms with Crippen LogP contribution in [0.15, 0.2) is 60.7 Å². The number of benzene rings is 4. The van der Waals surface area contributed by atoms with E-state index in [0.29, 0.717) is 0 Å². The summed E-state index contributed by atoms with van der Waals surface area (Å²) in [5.41, 5.74) is 0.239. The Labute approximate surface area is 214 Å². The number of hydrogen-bond acceptors (Lipinski definition) is 4. The number of rotatable bonds is 2. The van der Waals surface area contributed by atoms with Crippen LogP contribution in [0.3, 0.4) is 0 Å². The Hall–Kier alpha value is -2.37. The summed E-state index contributed by atoms with van der Waals surface area (Å²) < 4.78 is 26.2. The van der Waals surface area contributed by atoms with Gasteiger partial charge in [0.05, 0.1) is 22.4 Å². The zero-order valence-corrected chi connectivity index (χ0v) is 22.6. The molecule has 0 spiro atoms. The molecule has 0 radical (unpaired) electrons. The molecule has 2 aliphatic heterocycles. The van der Waals surface area contributed by atoms with Crippen LogP contribution in [0, 0.1) is 0 Å². The number of fused-ring (bicyclic) bond motifs is 6. The Kier molecular flexibility index (Phi) is 5.05. The zero-order chi connectivity index (χ0) is 25.7. The van der Waals surface area contributed by atoms with E-state index in [0.717, 1.165) is 21.7 Å². The lowest BCUT2D eigenvalue weighted by atomic mass is 9.68. The minimum atomic E-state index is -0.510. The second-order valence-electron chi connectivity index (χ2n) is 12.3. The lowest BCUT2D eigenvalue weighted by molar-refractivity contribution is 0.00578. The highest BCUT2D eigenvalue weighted by Crippen LogP contribution is 2.40. The van der Waals surface area contributed by atoms with Gasteiger partial charge in [0.25, 0.3) is 0 Å². The van der Waals surface area contributed by atoms with E-state index in [1.54, 1.807) is 0 Å². The standard InChI is InChI=1S/C30H34B2O4/c1-27(2)28(3,4)34-31(33-27)19-17-24-22-15-10-9-13-20(22)21-14-11-12-16-23(21)26(24)25(18-19)32-35-29(5,6)30(7,8)36-32/h9-18H,1-8H3. The molecule has 4 aromatic rings. The van der Waals surface area contributed by atoms with Crippen LogP contribution < -0.4 is 10.9 Å². The highest BCUT2D eigenvalue weighted by atomic mass is 16.7. The fourth-order valence-corrected chi connectivity index (χ4v) is 5.36. The zero-order valence-electron chi connectivity index (χ0n) is 22.6. The van der Waals surface area contributed by atoms with E-state index in [-0.39, 0.29) is 0 Å². The average Bonchev–Trinajstić information content (AvgIpc) is 3.18. The van der Waals surface area contributed by atoms with Gasteiger partial charge in [-0.15, -0.1) is 0 Å². The molecule has 6 heteroatoms. The van der Waals surface area contributed by atoms with Crippen LogP contribution in [0.5, 0.6) is 0 Å². The molecule has 0 atom stereocenters. The molecule has 0 saturated carbocycles. The van der Waals surface area contributed by atoms with Crippen molar-refractivity contribution < 1.29 is 18.6 Å². The van der Waals surface area contributed by atoms with E-state index in [1.165, 1.54) is 21.5 Å². The van der Waals surface area contributed by atoms with Crippen molar-refractivity contribution in [2.45, 2.75) is 77.8 Å². The smallest absolute Gasteiger partial charge is 0.399 e. The van der Waals surface area contributed by atoms with Crippen molar-refractivity contribution in [2.24, 2.45) is 0 Å². The molecule has 2 aliphatic rings. The summed E-state index contributed by atoms with van der Waals surface area (Å²) in [5, 5.41) is 7.15. The average molecular weight is 480 g/mol. The van der Waals surface area contributed by atoms with Crippen molar-refractivity contribution >= 4 is 57.5 Å². The Morgan fingerprint density at radius 1 is 0.472 bits per heavy atom. The molecule has 0 aliphatic carbocycles. The summed E-state index contributed by atoms with van der Waals surface area (Å²) in [5.74, 6) is 0. The maximum Gasteiger partial charge on any atom is 0.495 e. The fraction of sp³-hybridized carbons (Fsp3) is 0.400. The first-order valence-corrected chi connectivity index (χ1v) is 12.9. The first-order chi connectivity index (χ1) is 16.8. The molecule has 0 bridgehead atoms. The second kappa shape index (κ2) is 7.58. The van der Waals surface area contributed by atoms with Crippen molar-refractivity contribution in [3.63, 3.8) is 0 Å². The molecule has 4 nitrogen and oxygen atoms in total. The minimum Gasteiger partial charge on any atom is -0.399 e. The number of hydrogen-bond donors (Lipinski definition) is 0. The predicted molar refractivity (Wildman–Crippen MR) is 150 cm³/mol. The lowest BCUT2D eigenvalue weighted by Crippen LogP contribution is -2.41. The van der Waals surface area contributed by atoms with Crippen molar-refractivity contribution in [1.29, 1.82) is 0 Å². The summed E-state index contributed by atoms with van der Waals surface area (Å²) in [4.78, 5) is 0. The Morgan fingerprint density at radius 3 is 1.36 bits per heavy atom. The highest BCUT2D eigenvalue weighted by molar-refractivity contribution is 6.69. The van der Waals surface area contributed by atoms with Crippen molar-refractivity contribution in [3.8, 4) is 0 Å². The van der Waals surface area contributed by atoms with Crippen LogP contribution in [-0.4, -0.2) is 36.6 Å². The summed E-state index contributed by atoms with van der Waals surface area (Å²) in [6.45, 7) is 16.7. The fourth-order valence-electron chi connectivity index (χ4n) is 5.36. The molecule has 0 N–H and O–H groups in total. The van der Waals surface area contributed by atoms with Crippen LogP contribution in [0.2, 0.25) is 0 Å². The second-order valence-corrected chi connectivity index (χ2v) is 12.3. The van der Waals surface area contributed by atoms with E-state index in [9.17, 15) is 0 Å². The van der Waals surface area contributed by atoms with Crippen molar-refractivity contribution in [3.05, 3.63) is 60.7 Å². The SMILES string of the molecule is CC1(C)OB(c2cc(B3OC(C)(C)C(C)(C)O3)c3c4ccccc4c4ccccc4c3c2)OC1(C)C. The summed E-state index contributed by atoms with van der Waals surface area (Å²) in [6, 6.07) is 21.6. The van der Waals surface area contributed by atoms with E-state index < -0.39 is 36.6 Å². The first-order valence-electron chi connectivity index (χ1n) is 12.9. The van der Waals surface area contributed by atoms with Gasteiger partial charge in [-0.25, -0.2) is 0 Å². The summed E-state index contributed by atoms with van der Waals surface area (Å²) in [7, 11) is -0.991. The van der Waals surface area contributed by atoms with Crippen LogP contribution >= 0.6 is 0 Å². The van der Waals surface area contributed by atoms with Gasteiger partial charge in [0.15, 0.2) is 0 Å². The maximum atomic E-state index is 6.61. The van der Waals surface area contributed by atoms with E-state index >= 15 is 0 Å². The lowest BCUT2D eigenvalue weighted by Gasteiger charge is -2.32. The molecule has 4 aromatic carbocycles. The molecule has 6 rings (SSSR count). The predicted octanol–water partition coefficient (Wildman–Crippen LogP) is 5.74. The molecular formula is C30H34B2O4. The monoisotopic (exact) mass is 480 g/mol. The quantitative estimate of drug-likeness (QED) is 0.271. The van der Waals surface area contributed by atoms with Gasteiger partial charge in [0.2, 0.25) is 0 Å². The topological polar surface area (TPSA) is 36.9 Å². The largest absolute Gasteiger partial charge is 0.495 e. The summed E-state index contributed by atoms with van der Waals surface area (Å²) >= 11 is 0. The Bertz CT molecular complexity index is 1490. The normalized spacial score (nSPS) is 22.2. The van der Waals surface area contributed by atoms with E-state index in [2.05, 4.69) is 116 Å². The molecule has 2 heterocycles. The van der Waals surface area contributed by atoms with Gasteiger partial charge < -0.3 is 18.6 Å². The third kappa shape index (κ3) is 3.39. The van der Waals surface area contributed by atoms with E-state index in [4.69, 9.17) is 18.6 Å². The molecule has 0 amide bonds. The Morgan fingerprint density at radius 2 is 0.861 bits per heavy atom. The van der Waals surface area contributed by atoms with Gasteiger partial charge in [-0.05, 0) is 98.6 Å². The molecule has 0 unspecified atom stereocenters. The van der Waals surface area contributed by atoms with E-state index in [1.807, 2.05) is 0 Å². The van der Waals surface area contributed by atoms with Crippen molar-refractivity contribution in [1.82, 2.24) is 0 Å². The third-order valence-electron chi connectivity index (χ3n) is 8.93. The molecule has 184 valence electrons. The van der Waals surface area contributed by atoms with Gasteiger partial charge >= 0.3 is 14.2 Å². The molecular weight excluding hydrogens is 446 g/mol. The maximum absolute atomic E-state index is 6.61. The van der Waals surface area contributed by atoms with Gasteiger partial charge in [-0.3, -0.25) is 0 Å². The van der Waals surface area contributed by atoms with Crippen LogP contribution in [0.25, 0.3) is 32.3 Å². The van der Waals surface area contributed by atoms with Gasteiger partial charge in [-0.1, -0.05) is 60.7 Å².